The van der Waals surface area contributed by atoms with Gasteiger partial charge in [0, 0.05) is 17.8 Å². The summed E-state index contributed by atoms with van der Waals surface area (Å²) >= 11 is 2.13. The van der Waals surface area contributed by atoms with Crippen molar-refractivity contribution in [3.8, 4) is 0 Å². The monoisotopic (exact) mass is 242 g/mol. The van der Waals surface area contributed by atoms with Crippen LogP contribution in [0.5, 0.6) is 0 Å². The van der Waals surface area contributed by atoms with E-state index < -0.39 is 0 Å². The molecule has 0 aromatic heterocycles. The number of hydrogen-bond acceptors (Lipinski definition) is 3. The summed E-state index contributed by atoms with van der Waals surface area (Å²) in [6.07, 6.45) is 8.33. The lowest BCUT2D eigenvalue weighted by Gasteiger charge is -2.42. The van der Waals surface area contributed by atoms with Crippen LogP contribution in [0.4, 0.5) is 0 Å². The van der Waals surface area contributed by atoms with Crippen molar-refractivity contribution in [1.29, 1.82) is 0 Å². The molecule has 3 atom stereocenters. The molecule has 1 saturated carbocycles. The van der Waals surface area contributed by atoms with Crippen molar-refractivity contribution >= 4 is 11.8 Å². The molecule has 0 aromatic rings. The Morgan fingerprint density at radius 2 is 2.00 bits per heavy atom. The molecule has 0 aromatic carbocycles. The molecule has 0 radical (unpaired) electrons. The van der Waals surface area contributed by atoms with Gasteiger partial charge >= 0.3 is 0 Å². The molecule has 1 aliphatic heterocycles. The SMILES string of the molecule is CN(C1CCCSC1)C1CCCCC1CN. The van der Waals surface area contributed by atoms with Crippen LogP contribution in [-0.4, -0.2) is 42.1 Å². The Hall–Kier alpha value is 0.270. The van der Waals surface area contributed by atoms with E-state index in [-0.39, 0.29) is 0 Å². The van der Waals surface area contributed by atoms with E-state index in [4.69, 9.17) is 5.73 Å². The highest BCUT2D eigenvalue weighted by Crippen LogP contribution is 2.31. The number of nitrogens with zero attached hydrogens (tertiary/aromatic N) is 1. The molecule has 2 aliphatic rings. The molecular formula is C13H26N2S. The van der Waals surface area contributed by atoms with Crippen LogP contribution in [0, 0.1) is 5.92 Å². The van der Waals surface area contributed by atoms with Crippen molar-refractivity contribution in [3.63, 3.8) is 0 Å². The molecule has 3 heteroatoms. The molecule has 2 nitrogen and oxygen atoms in total. The van der Waals surface area contributed by atoms with Gasteiger partial charge in [-0.05, 0) is 50.9 Å². The standard InChI is InChI=1S/C13H26N2S/c1-15(12-6-4-8-16-10-12)13-7-3-2-5-11(13)9-14/h11-13H,2-10,14H2,1H3. The average Bonchev–Trinajstić information content (AvgIpc) is 2.39. The Labute approximate surface area is 104 Å². The van der Waals surface area contributed by atoms with E-state index in [1.165, 1.54) is 50.0 Å². The summed E-state index contributed by atoms with van der Waals surface area (Å²) in [6.45, 7) is 0.884. The zero-order valence-electron chi connectivity index (χ0n) is 10.5. The van der Waals surface area contributed by atoms with Crippen LogP contribution in [0.2, 0.25) is 0 Å². The summed E-state index contributed by atoms with van der Waals surface area (Å²) in [5.41, 5.74) is 5.93. The normalized spacial score (nSPS) is 36.6. The van der Waals surface area contributed by atoms with E-state index in [0.717, 1.165) is 24.5 Å². The Morgan fingerprint density at radius 3 is 2.69 bits per heavy atom. The van der Waals surface area contributed by atoms with Gasteiger partial charge in [0.1, 0.15) is 0 Å². The smallest absolute Gasteiger partial charge is 0.0186 e. The molecule has 2 rings (SSSR count). The summed E-state index contributed by atoms with van der Waals surface area (Å²) in [4.78, 5) is 2.67. The first-order valence-electron chi connectivity index (χ1n) is 6.82. The fraction of sp³-hybridized carbons (Fsp3) is 1.00. The van der Waals surface area contributed by atoms with Crippen LogP contribution in [0.15, 0.2) is 0 Å². The maximum Gasteiger partial charge on any atom is 0.0186 e. The molecule has 94 valence electrons. The Kier molecular flexibility index (Phi) is 4.98. The summed E-state index contributed by atoms with van der Waals surface area (Å²) in [5.74, 6) is 3.46. The number of nitrogens with two attached hydrogens (primary N) is 1. The zero-order valence-corrected chi connectivity index (χ0v) is 11.3. The number of rotatable bonds is 3. The third-order valence-electron chi connectivity index (χ3n) is 4.41. The minimum Gasteiger partial charge on any atom is -0.330 e. The first-order valence-corrected chi connectivity index (χ1v) is 7.98. The van der Waals surface area contributed by atoms with Gasteiger partial charge < -0.3 is 5.73 Å². The molecule has 0 bridgehead atoms. The first-order chi connectivity index (χ1) is 7.83. The minimum atomic E-state index is 0.755. The van der Waals surface area contributed by atoms with Crippen LogP contribution in [0.3, 0.4) is 0 Å². The van der Waals surface area contributed by atoms with E-state index >= 15 is 0 Å². The summed E-state index contributed by atoms with van der Waals surface area (Å²) < 4.78 is 0. The van der Waals surface area contributed by atoms with E-state index in [0.29, 0.717) is 0 Å². The maximum absolute atomic E-state index is 5.93. The van der Waals surface area contributed by atoms with Crippen LogP contribution < -0.4 is 5.73 Å². The van der Waals surface area contributed by atoms with Gasteiger partial charge in [0.15, 0.2) is 0 Å². The lowest BCUT2D eigenvalue weighted by Crippen LogP contribution is -2.49. The molecule has 0 spiro atoms. The van der Waals surface area contributed by atoms with Gasteiger partial charge in [0.25, 0.3) is 0 Å². The topological polar surface area (TPSA) is 29.3 Å². The molecule has 1 saturated heterocycles. The van der Waals surface area contributed by atoms with Crippen LogP contribution in [-0.2, 0) is 0 Å². The summed E-state index contributed by atoms with van der Waals surface area (Å²) in [5, 5.41) is 0. The molecule has 3 unspecified atom stereocenters. The van der Waals surface area contributed by atoms with E-state index in [1.54, 1.807) is 0 Å². The van der Waals surface area contributed by atoms with Crippen molar-refractivity contribution in [1.82, 2.24) is 4.90 Å². The van der Waals surface area contributed by atoms with Gasteiger partial charge in [-0.25, -0.2) is 0 Å². The highest BCUT2D eigenvalue weighted by Gasteiger charge is 2.31. The van der Waals surface area contributed by atoms with E-state index in [2.05, 4.69) is 23.7 Å². The van der Waals surface area contributed by atoms with Gasteiger partial charge in [-0.2, -0.15) is 11.8 Å². The lowest BCUT2D eigenvalue weighted by atomic mass is 9.83. The van der Waals surface area contributed by atoms with Crippen LogP contribution in [0.1, 0.15) is 38.5 Å². The van der Waals surface area contributed by atoms with Crippen molar-refractivity contribution in [2.75, 3.05) is 25.1 Å². The predicted octanol–water partition coefficient (Wildman–Crippen LogP) is 2.33. The summed E-state index contributed by atoms with van der Waals surface area (Å²) in [7, 11) is 2.34. The van der Waals surface area contributed by atoms with Crippen molar-refractivity contribution < 1.29 is 0 Å². The van der Waals surface area contributed by atoms with Gasteiger partial charge in [-0.1, -0.05) is 12.8 Å². The molecular weight excluding hydrogens is 216 g/mol. The van der Waals surface area contributed by atoms with Crippen LogP contribution in [0.25, 0.3) is 0 Å². The maximum atomic E-state index is 5.93. The molecule has 1 heterocycles. The second-order valence-electron chi connectivity index (χ2n) is 5.38. The minimum absolute atomic E-state index is 0.755. The van der Waals surface area contributed by atoms with Crippen molar-refractivity contribution in [2.24, 2.45) is 11.7 Å². The Bertz CT molecular complexity index is 204. The predicted molar refractivity (Wildman–Crippen MR) is 72.9 cm³/mol. The number of thioether (sulfide) groups is 1. The van der Waals surface area contributed by atoms with Gasteiger partial charge in [-0.15, -0.1) is 0 Å². The van der Waals surface area contributed by atoms with Crippen molar-refractivity contribution in [3.05, 3.63) is 0 Å². The second kappa shape index (κ2) is 6.27. The number of hydrogen-bond donors (Lipinski definition) is 1. The highest BCUT2D eigenvalue weighted by molar-refractivity contribution is 7.99. The molecule has 16 heavy (non-hydrogen) atoms. The largest absolute Gasteiger partial charge is 0.330 e. The van der Waals surface area contributed by atoms with E-state index in [9.17, 15) is 0 Å². The summed E-state index contributed by atoms with van der Waals surface area (Å²) in [6, 6.07) is 1.58. The quantitative estimate of drug-likeness (QED) is 0.823. The molecule has 0 amide bonds. The molecule has 2 N–H and O–H groups in total. The fourth-order valence-corrected chi connectivity index (χ4v) is 4.53. The first kappa shape index (κ1) is 12.7. The lowest BCUT2D eigenvalue weighted by molar-refractivity contribution is 0.0956. The average molecular weight is 242 g/mol. The fourth-order valence-electron chi connectivity index (χ4n) is 3.31. The van der Waals surface area contributed by atoms with Gasteiger partial charge in [-0.3, -0.25) is 4.90 Å². The van der Waals surface area contributed by atoms with Gasteiger partial charge in [0.2, 0.25) is 0 Å². The van der Waals surface area contributed by atoms with Crippen molar-refractivity contribution in [2.45, 2.75) is 50.6 Å². The Morgan fingerprint density at radius 1 is 1.19 bits per heavy atom. The van der Waals surface area contributed by atoms with E-state index in [1.807, 2.05) is 0 Å². The molecule has 2 fully saturated rings. The second-order valence-corrected chi connectivity index (χ2v) is 6.53. The van der Waals surface area contributed by atoms with Gasteiger partial charge in [0.05, 0.1) is 0 Å². The third-order valence-corrected chi connectivity index (χ3v) is 5.60. The molecule has 1 aliphatic carbocycles. The van der Waals surface area contributed by atoms with Crippen LogP contribution >= 0.6 is 11.8 Å². The highest BCUT2D eigenvalue weighted by atomic mass is 32.2. The Balaban J connectivity index is 1.92. The third kappa shape index (κ3) is 2.93. The zero-order chi connectivity index (χ0) is 11.4.